The number of aliphatic hydroxyl groups is 4. The first-order valence-corrected chi connectivity index (χ1v) is 10.3. The van der Waals surface area contributed by atoms with Crippen molar-refractivity contribution in [1.82, 2.24) is 0 Å². The van der Waals surface area contributed by atoms with Crippen molar-refractivity contribution in [3.8, 4) is 0 Å². The summed E-state index contributed by atoms with van der Waals surface area (Å²) in [5.41, 5.74) is 0. The molecular formula is C20H34O10. The van der Waals surface area contributed by atoms with Crippen LogP contribution in [0.15, 0.2) is 12.2 Å². The zero-order valence-corrected chi connectivity index (χ0v) is 18.0. The molecule has 174 valence electrons. The van der Waals surface area contributed by atoms with Crippen LogP contribution >= 0.6 is 0 Å². The number of hydrogen-bond donors (Lipinski definition) is 4. The van der Waals surface area contributed by atoms with Crippen molar-refractivity contribution in [1.29, 1.82) is 0 Å². The highest BCUT2D eigenvalue weighted by molar-refractivity contribution is 5.82. The van der Waals surface area contributed by atoms with E-state index in [-0.39, 0.29) is 6.10 Å². The van der Waals surface area contributed by atoms with E-state index in [4.69, 9.17) is 23.7 Å². The zero-order chi connectivity index (χ0) is 22.6. The van der Waals surface area contributed by atoms with Crippen LogP contribution < -0.4 is 0 Å². The number of allylic oxidation sites excluding steroid dienone is 1. The second-order valence-corrected chi connectivity index (χ2v) is 7.74. The maximum Gasteiger partial charge on any atom is 0.330 e. The van der Waals surface area contributed by atoms with E-state index >= 15 is 0 Å². The molecule has 10 nitrogen and oxygen atoms in total. The molecule has 30 heavy (non-hydrogen) atoms. The minimum atomic E-state index is -1.49. The third-order valence-electron chi connectivity index (χ3n) is 5.36. The molecule has 4 N–H and O–H groups in total. The van der Waals surface area contributed by atoms with Crippen LogP contribution in [0.5, 0.6) is 0 Å². The molecule has 11 atom stereocenters. The largest absolute Gasteiger partial charge is 0.451 e. The predicted molar refractivity (Wildman–Crippen MR) is 103 cm³/mol. The van der Waals surface area contributed by atoms with Gasteiger partial charge < -0.3 is 44.1 Å². The Hall–Kier alpha value is -1.11. The number of rotatable bonds is 7. The van der Waals surface area contributed by atoms with Gasteiger partial charge in [-0.1, -0.05) is 13.0 Å². The molecule has 0 aliphatic carbocycles. The van der Waals surface area contributed by atoms with Gasteiger partial charge in [-0.25, -0.2) is 4.79 Å². The molecule has 2 saturated heterocycles. The topological polar surface area (TPSA) is 144 Å². The molecule has 0 spiro atoms. The van der Waals surface area contributed by atoms with Crippen LogP contribution in [0.4, 0.5) is 0 Å². The van der Waals surface area contributed by atoms with Crippen molar-refractivity contribution in [2.75, 3.05) is 0 Å². The maximum atomic E-state index is 11.9. The third kappa shape index (κ3) is 5.77. The lowest BCUT2D eigenvalue weighted by atomic mass is 9.97. The van der Waals surface area contributed by atoms with Gasteiger partial charge in [0, 0.05) is 6.08 Å². The minimum Gasteiger partial charge on any atom is -0.451 e. The van der Waals surface area contributed by atoms with Gasteiger partial charge >= 0.3 is 5.97 Å². The van der Waals surface area contributed by atoms with E-state index < -0.39 is 67.4 Å². The van der Waals surface area contributed by atoms with Crippen LogP contribution in [0, 0.1) is 0 Å². The van der Waals surface area contributed by atoms with Crippen molar-refractivity contribution in [2.45, 2.75) is 109 Å². The average molecular weight is 434 g/mol. The highest BCUT2D eigenvalue weighted by atomic mass is 16.8. The summed E-state index contributed by atoms with van der Waals surface area (Å²) in [5, 5.41) is 41.4. The van der Waals surface area contributed by atoms with Crippen LogP contribution in [0.2, 0.25) is 0 Å². The first kappa shape index (κ1) is 25.2. The number of hydrogen-bond acceptors (Lipinski definition) is 10. The van der Waals surface area contributed by atoms with Crippen LogP contribution in [0.25, 0.3) is 0 Å². The normalized spacial score (nSPS) is 43.5. The molecule has 0 aromatic carbocycles. The van der Waals surface area contributed by atoms with Crippen LogP contribution in [-0.4, -0.2) is 93.9 Å². The zero-order valence-electron chi connectivity index (χ0n) is 18.0. The molecule has 0 amide bonds. The molecule has 0 saturated carbocycles. The highest BCUT2D eigenvalue weighted by Gasteiger charge is 2.51. The Labute approximate surface area is 176 Å². The first-order chi connectivity index (χ1) is 14.1. The summed E-state index contributed by atoms with van der Waals surface area (Å²) >= 11 is 0. The molecule has 0 aromatic heterocycles. The van der Waals surface area contributed by atoms with Crippen molar-refractivity contribution in [3.05, 3.63) is 12.2 Å². The highest BCUT2D eigenvalue weighted by Crippen LogP contribution is 2.31. The Bertz CT molecular complexity index is 582. The van der Waals surface area contributed by atoms with Crippen LogP contribution in [-0.2, 0) is 28.5 Å². The van der Waals surface area contributed by atoms with Gasteiger partial charge in [0.25, 0.3) is 0 Å². The Kier molecular flexibility index (Phi) is 9.19. The Balaban J connectivity index is 2.26. The second-order valence-electron chi connectivity index (χ2n) is 7.74. The summed E-state index contributed by atoms with van der Waals surface area (Å²) in [7, 11) is 0. The van der Waals surface area contributed by atoms with Crippen LogP contribution in [0.1, 0.15) is 41.0 Å². The van der Waals surface area contributed by atoms with E-state index in [1.54, 1.807) is 13.8 Å². The third-order valence-corrected chi connectivity index (χ3v) is 5.36. The number of carbonyl (C=O) groups is 1. The molecule has 11 unspecified atom stereocenters. The molecule has 10 heteroatoms. The van der Waals surface area contributed by atoms with E-state index in [9.17, 15) is 25.2 Å². The average Bonchev–Trinajstić information content (AvgIpc) is 2.70. The van der Waals surface area contributed by atoms with Gasteiger partial charge in [0.05, 0.1) is 18.3 Å². The van der Waals surface area contributed by atoms with Gasteiger partial charge in [0.15, 0.2) is 18.7 Å². The van der Waals surface area contributed by atoms with E-state index in [2.05, 4.69) is 0 Å². The summed E-state index contributed by atoms with van der Waals surface area (Å²) in [4.78, 5) is 11.9. The molecule has 0 bridgehead atoms. The van der Waals surface area contributed by atoms with Crippen molar-refractivity contribution >= 4 is 5.97 Å². The number of carbonyl (C=O) groups excluding carboxylic acids is 1. The summed E-state index contributed by atoms with van der Waals surface area (Å²) in [6.45, 7) is 8.47. The lowest BCUT2D eigenvalue weighted by Gasteiger charge is -2.46. The van der Waals surface area contributed by atoms with Crippen LogP contribution in [0.3, 0.4) is 0 Å². The SMILES string of the molecule is CC=CC(=O)OC1C(OC2C(OC(C)CC)OC(C)C(O)C2O)OC(C)C(O)C1O. The van der Waals surface area contributed by atoms with Gasteiger partial charge in [0.2, 0.25) is 0 Å². The molecule has 0 radical (unpaired) electrons. The molecule has 2 aliphatic rings. The summed E-state index contributed by atoms with van der Waals surface area (Å²) in [6, 6.07) is 0. The molecular weight excluding hydrogens is 400 g/mol. The summed E-state index contributed by atoms with van der Waals surface area (Å²) in [5.74, 6) is -0.762. The Morgan fingerprint density at radius 1 is 0.967 bits per heavy atom. The molecule has 2 rings (SSSR count). The molecule has 2 fully saturated rings. The number of ether oxygens (including phenoxy) is 5. The van der Waals surface area contributed by atoms with Gasteiger partial charge in [-0.05, 0) is 34.1 Å². The fraction of sp³-hybridized carbons (Fsp3) is 0.850. The predicted octanol–water partition coefficient (Wildman–Crippen LogP) is -0.392. The lowest BCUT2D eigenvalue weighted by Crippen LogP contribution is -2.64. The maximum absolute atomic E-state index is 11.9. The smallest absolute Gasteiger partial charge is 0.330 e. The van der Waals surface area contributed by atoms with E-state index in [0.717, 1.165) is 6.08 Å². The minimum absolute atomic E-state index is 0.224. The molecule has 2 heterocycles. The lowest BCUT2D eigenvalue weighted by molar-refractivity contribution is -0.365. The van der Waals surface area contributed by atoms with Crippen molar-refractivity contribution < 1.29 is 48.9 Å². The van der Waals surface area contributed by atoms with Crippen molar-refractivity contribution in [3.63, 3.8) is 0 Å². The Morgan fingerprint density at radius 3 is 2.03 bits per heavy atom. The molecule has 2 aliphatic heterocycles. The summed E-state index contributed by atoms with van der Waals surface area (Å²) in [6.07, 6.45) is -8.94. The van der Waals surface area contributed by atoms with E-state index in [1.165, 1.54) is 13.0 Å². The Morgan fingerprint density at radius 2 is 1.50 bits per heavy atom. The molecule has 0 aromatic rings. The number of aliphatic hydroxyl groups excluding tert-OH is 4. The van der Waals surface area contributed by atoms with Gasteiger partial charge in [0.1, 0.15) is 30.5 Å². The van der Waals surface area contributed by atoms with E-state index in [0.29, 0.717) is 6.42 Å². The quantitative estimate of drug-likeness (QED) is 0.309. The standard InChI is InChI=1S/C20H34O10/c1-6-8-12(21)29-17-15(24)13(22)11(5)28-20(17)30-18-16(25)14(23)10(4)27-19(18)26-9(3)7-2/h6,8-11,13-20,22-25H,7H2,1-5H3. The van der Waals surface area contributed by atoms with E-state index in [1.807, 2.05) is 13.8 Å². The fourth-order valence-electron chi connectivity index (χ4n) is 3.28. The second kappa shape index (κ2) is 11.0. The van der Waals surface area contributed by atoms with Gasteiger partial charge in [-0.2, -0.15) is 0 Å². The first-order valence-electron chi connectivity index (χ1n) is 10.3. The monoisotopic (exact) mass is 434 g/mol. The van der Waals surface area contributed by atoms with Gasteiger partial charge in [-0.3, -0.25) is 0 Å². The summed E-state index contributed by atoms with van der Waals surface area (Å²) < 4.78 is 28.2. The van der Waals surface area contributed by atoms with Crippen molar-refractivity contribution in [2.24, 2.45) is 0 Å². The number of esters is 1. The van der Waals surface area contributed by atoms with Gasteiger partial charge in [-0.15, -0.1) is 0 Å². The fourth-order valence-corrected chi connectivity index (χ4v) is 3.28.